The Morgan fingerprint density at radius 1 is 0.536 bits per heavy atom. The normalized spacial score (nSPS) is 23.7. The van der Waals surface area contributed by atoms with E-state index in [1.807, 2.05) is 0 Å². The van der Waals surface area contributed by atoms with Crippen LogP contribution in [0.25, 0.3) is 10.9 Å². The summed E-state index contributed by atoms with van der Waals surface area (Å²) in [4.78, 5) is 268. The zero-order chi connectivity index (χ0) is 101. The van der Waals surface area contributed by atoms with Crippen LogP contribution < -0.4 is 59.3 Å². The number of halogens is 3. The molecule has 6 aromatic rings. The SMILES string of the molecule is CCCC[C@@H]1C(=O)N2C[C@@H](O)C[C@@H]2C(=O)N[C@@H](CC(=O)O)C(=O)N[C@H](C(C)C)C(=O)N(C)[C@@H](Cc2ccccc2)C(=O)N[C@@H](CC(=O)O)C(=O)N2CCOC[C@@H]2C(=O)N[C@@H](Cc2cn(CC(=O)O)c3ccccc23)C(=O)N[C@@H](Cc2ccc(O)cc2)C(=O)N[C@@H](CCCN)C(=O)N[C@@H](C(=O)NCC(N)=O)CSCC(=O)N[C@@H](Cc2cc(F)c(F)c(F)c2)C(=O)N(C)[C@@H](Cc2ccccc2)C(=O)N1C. The van der Waals surface area contributed by atoms with Gasteiger partial charge < -0.3 is 119 Å². The number of unbranched alkanes of at least 4 members (excludes halogenated alkanes) is 1. The van der Waals surface area contributed by atoms with Gasteiger partial charge in [0.05, 0.1) is 44.5 Å². The molecule has 1 aromatic heterocycles. The summed E-state index contributed by atoms with van der Waals surface area (Å²) in [5, 5.41) is 75.6. The molecule has 0 unspecified atom stereocenters. The van der Waals surface area contributed by atoms with Crippen LogP contribution in [0.5, 0.6) is 5.75 Å². The number of aliphatic hydroxyl groups excluding tert-OH is 1. The Morgan fingerprint density at radius 3 is 1.68 bits per heavy atom. The number of hydrogen-bond acceptors (Lipinski definition) is 23. The van der Waals surface area contributed by atoms with Crippen molar-refractivity contribution >= 4 is 129 Å². The summed E-state index contributed by atoms with van der Waals surface area (Å²) in [6.45, 7) is 1.01. The van der Waals surface area contributed by atoms with E-state index in [4.69, 9.17) is 16.2 Å². The maximum atomic E-state index is 15.7. The average molecular weight is 1950 g/mol. The molecule has 744 valence electrons. The Morgan fingerprint density at radius 2 is 1.07 bits per heavy atom. The van der Waals surface area contributed by atoms with Crippen molar-refractivity contribution in [3.63, 3.8) is 0 Å². The predicted molar refractivity (Wildman–Crippen MR) is 490 cm³/mol. The highest BCUT2D eigenvalue weighted by Gasteiger charge is 2.48. The molecular formula is C93H116F3N17O24S. The fraction of sp³-hybridized carbons (Fsp3) is 0.462. The van der Waals surface area contributed by atoms with Crippen LogP contribution in [0, 0.1) is 23.4 Å². The number of aliphatic carboxylic acids is 3. The van der Waals surface area contributed by atoms with Crippen LogP contribution in [-0.2, 0) is 130 Å². The van der Waals surface area contributed by atoms with E-state index in [9.17, 15) is 73.1 Å². The summed E-state index contributed by atoms with van der Waals surface area (Å²) in [5.41, 5.74) is 12.6. The first-order valence-corrected chi connectivity index (χ1v) is 45.9. The number of aromatic hydroxyl groups is 1. The van der Waals surface area contributed by atoms with Crippen LogP contribution in [-0.4, -0.2) is 318 Å². The van der Waals surface area contributed by atoms with E-state index in [1.165, 1.54) is 55.9 Å². The number of nitrogens with two attached hydrogens (primary N) is 2. The van der Waals surface area contributed by atoms with Crippen molar-refractivity contribution in [1.29, 1.82) is 0 Å². The smallest absolute Gasteiger partial charge is 0.323 e. The van der Waals surface area contributed by atoms with E-state index < -0.39 is 309 Å². The second-order valence-electron chi connectivity index (χ2n) is 34.3. The molecule has 138 heavy (non-hydrogen) atoms. The van der Waals surface area contributed by atoms with Crippen molar-refractivity contribution in [2.45, 2.75) is 195 Å². The van der Waals surface area contributed by atoms with E-state index in [2.05, 4.69) is 47.9 Å². The van der Waals surface area contributed by atoms with Crippen LogP contribution in [0.1, 0.15) is 100.0 Å². The summed E-state index contributed by atoms with van der Waals surface area (Å²) in [6.07, 6.45) is -5.56. The number of hydrogen-bond donors (Lipinski definition) is 16. The van der Waals surface area contributed by atoms with Crippen LogP contribution >= 0.6 is 11.8 Å². The van der Waals surface area contributed by atoms with Gasteiger partial charge in [0.1, 0.15) is 90.8 Å². The van der Waals surface area contributed by atoms with Crippen molar-refractivity contribution in [2.75, 3.05) is 72.0 Å². The third-order valence-corrected chi connectivity index (χ3v) is 24.8. The molecule has 3 aliphatic rings. The molecule has 45 heteroatoms. The third-order valence-electron chi connectivity index (χ3n) is 23.8. The minimum atomic E-state index is -2.10. The Balaban J connectivity index is 1.16. The number of ether oxygens (including phenoxy) is 1. The molecule has 41 nitrogen and oxygen atoms in total. The molecule has 0 bridgehead atoms. The predicted octanol–water partition coefficient (Wildman–Crippen LogP) is -1.21. The monoisotopic (exact) mass is 1940 g/mol. The van der Waals surface area contributed by atoms with Gasteiger partial charge in [0.2, 0.25) is 88.6 Å². The molecule has 0 aliphatic carbocycles. The number of morpholine rings is 1. The van der Waals surface area contributed by atoms with E-state index >= 15 is 51.9 Å². The Bertz CT molecular complexity index is 5410. The van der Waals surface area contributed by atoms with Crippen LogP contribution in [0.4, 0.5) is 13.2 Å². The molecule has 3 saturated heterocycles. The highest BCUT2D eigenvalue weighted by molar-refractivity contribution is 8.00. The molecule has 0 saturated carbocycles. The number of carboxylic acid groups (broad SMARTS) is 3. The van der Waals surface area contributed by atoms with Crippen molar-refractivity contribution in [1.82, 2.24) is 76.9 Å². The largest absolute Gasteiger partial charge is 0.508 e. The third kappa shape index (κ3) is 29.7. The zero-order valence-electron chi connectivity index (χ0n) is 76.7. The quantitative estimate of drug-likeness (QED) is 0.0283. The van der Waals surface area contributed by atoms with Crippen molar-refractivity contribution in [3.05, 3.63) is 173 Å². The van der Waals surface area contributed by atoms with E-state index in [0.717, 1.165) is 38.6 Å². The molecule has 14 atom stereocenters. The van der Waals surface area contributed by atoms with Crippen molar-refractivity contribution < 1.29 is 130 Å². The lowest BCUT2D eigenvalue weighted by Crippen LogP contribution is -2.64. The Hall–Kier alpha value is -14.1. The minimum absolute atomic E-state index is 0.0399. The van der Waals surface area contributed by atoms with Gasteiger partial charge in [-0.2, -0.15) is 0 Å². The highest BCUT2D eigenvalue weighted by atomic mass is 32.2. The van der Waals surface area contributed by atoms with E-state index in [-0.39, 0.29) is 62.1 Å². The van der Waals surface area contributed by atoms with E-state index in [0.29, 0.717) is 52.3 Å². The number of aromatic nitrogens is 1. The van der Waals surface area contributed by atoms with Crippen molar-refractivity contribution in [3.8, 4) is 5.75 Å². The number of nitrogens with one attached hydrogen (secondary N) is 9. The fourth-order valence-corrected chi connectivity index (χ4v) is 17.3. The second kappa shape index (κ2) is 50.7. The van der Waals surface area contributed by atoms with Gasteiger partial charge >= 0.3 is 17.9 Å². The number of carbonyl (C=O) groups is 18. The number of phenols is 1. The molecule has 3 fully saturated rings. The lowest BCUT2D eigenvalue weighted by atomic mass is 9.98. The summed E-state index contributed by atoms with van der Waals surface area (Å²) in [5.74, 6) is -29.5. The number of likely N-dealkylation sites (N-methyl/N-ethyl adjacent to an activating group) is 3. The maximum absolute atomic E-state index is 15.7. The average Bonchev–Trinajstić information content (AvgIpc) is 1.68. The molecule has 5 aromatic carbocycles. The number of para-hydroxylation sites is 1. The minimum Gasteiger partial charge on any atom is -0.508 e. The number of fused-ring (bicyclic) bond motifs is 3. The number of primary amides is 1. The molecule has 4 heterocycles. The number of thioether (sulfide) groups is 1. The summed E-state index contributed by atoms with van der Waals surface area (Å²) >= 11 is 0.605. The summed E-state index contributed by atoms with van der Waals surface area (Å²) < 4.78 is 52.2. The number of carboxylic acids is 3. The first-order valence-electron chi connectivity index (χ1n) is 44.7. The topological polar surface area (TPSA) is 599 Å². The van der Waals surface area contributed by atoms with Gasteiger partial charge in [-0.05, 0) is 89.9 Å². The van der Waals surface area contributed by atoms with Crippen LogP contribution in [0.3, 0.4) is 0 Å². The fourth-order valence-electron chi connectivity index (χ4n) is 16.4. The molecule has 0 spiro atoms. The van der Waals surface area contributed by atoms with Gasteiger partial charge in [0.15, 0.2) is 17.5 Å². The lowest BCUT2D eigenvalue weighted by molar-refractivity contribution is -0.154. The van der Waals surface area contributed by atoms with Crippen LogP contribution in [0.2, 0.25) is 0 Å². The molecule has 9 rings (SSSR count). The number of rotatable bonds is 26. The molecule has 3 aliphatic heterocycles. The number of carbonyl (C=O) groups excluding carboxylic acids is 15. The number of aliphatic hydroxyl groups is 1. The Kier molecular flexibility index (Phi) is 39.5. The van der Waals surface area contributed by atoms with Gasteiger partial charge in [-0.3, -0.25) is 86.3 Å². The van der Waals surface area contributed by atoms with Crippen LogP contribution in [0.15, 0.2) is 128 Å². The van der Waals surface area contributed by atoms with Crippen molar-refractivity contribution in [2.24, 2.45) is 17.4 Å². The maximum Gasteiger partial charge on any atom is 0.323 e. The number of benzene rings is 5. The second-order valence-corrected chi connectivity index (χ2v) is 35.4. The van der Waals surface area contributed by atoms with Gasteiger partial charge in [0.25, 0.3) is 0 Å². The van der Waals surface area contributed by atoms with Gasteiger partial charge in [-0.25, -0.2) is 13.2 Å². The van der Waals surface area contributed by atoms with Gasteiger partial charge in [0, 0.05) is 95.6 Å². The van der Waals surface area contributed by atoms with Gasteiger partial charge in [-0.1, -0.05) is 125 Å². The first-order chi connectivity index (χ1) is 65.6. The van der Waals surface area contributed by atoms with E-state index in [1.54, 1.807) is 91.9 Å². The molecule has 15 amide bonds. The summed E-state index contributed by atoms with van der Waals surface area (Å²) in [7, 11) is 3.48. The first kappa shape index (κ1) is 108. The molecule has 18 N–H and O–H groups in total. The summed E-state index contributed by atoms with van der Waals surface area (Å²) in [6, 6.07) is 5.01. The molecular weight excluding hydrogens is 1830 g/mol. The number of phenolic OH excluding ortho intramolecular Hbond substituents is 1. The van der Waals surface area contributed by atoms with Gasteiger partial charge in [-0.15, -0.1) is 11.8 Å². The molecule has 0 radical (unpaired) electrons. The highest BCUT2D eigenvalue weighted by Crippen LogP contribution is 2.29. The number of amides is 15. The zero-order valence-corrected chi connectivity index (χ0v) is 77.5. The standard InChI is InChI=1S/C93H116F3N17O24S/c1-7-8-24-69-92(135)113-45-57(115)40-71(113)87(130)104-64(41-76(118)119)85(128)107-80(50(2)3)93(136)109(5)70(37-51-18-11-9-12-19-51)86(129)105-66(42-77(120)121)90(133)112-31-32-137-47-73(112)88(131)103-63(39-55-44-111(46-78(122)123)68-25-16-15-22-58(55)68)84(127)102-62(35-53-26-28-56(114)29-27-53)83(126)101-61(23-17-30-97)82(125)106-67(81(124)99-43-74(98)116)48-138-49-75(117)100-65(36-54-33-59(94)79(96)60(95)34-54)89(132)110(6)72(91(134)108(69)4)38-52-20-13-10-14-21-52/h9-16,18-22,25-29,33-34,44,50,57,61-67,69-73,80,114-115H,7-8,17,23-24,30-32,35-43,45-49,97H2,1-6H3,(H2,98,116)(H,99,124)(H,100,117)(H,101,126)(H,102,127)(H,103,131)(H,104,130)(H,105,129)(H,106,125)(H,107,128)(H,118,119)(H,120,121)(H,122,123)/t57-,61-,62-,63-,64-,65-,66-,67+,69+,70-,71+,72-,73+,80+/m0/s1. The lowest BCUT2D eigenvalue weighted by Gasteiger charge is -2.38. The number of nitrogens with zero attached hydrogens (tertiary/aromatic N) is 6. The Labute approximate surface area is 795 Å².